The Kier molecular flexibility index (Phi) is 3.53. The van der Waals surface area contributed by atoms with Gasteiger partial charge in [0.1, 0.15) is 9.21 Å². The molecule has 0 fully saturated rings. The lowest BCUT2D eigenvalue weighted by molar-refractivity contribution is 1.20. The molecule has 0 aromatic carbocycles. The summed E-state index contributed by atoms with van der Waals surface area (Å²) in [6.45, 7) is 0. The fraction of sp³-hybridized carbons (Fsp3) is 0. The third-order valence-electron chi connectivity index (χ3n) is 1.74. The number of halogens is 3. The molecule has 0 saturated heterocycles. The molecule has 0 N–H and O–H groups in total. The summed E-state index contributed by atoms with van der Waals surface area (Å²) in [6, 6.07) is 9.56. The van der Waals surface area contributed by atoms with E-state index in [9.17, 15) is 0 Å². The Morgan fingerprint density at radius 2 is 1.53 bits per heavy atom. The highest BCUT2D eigenvalue weighted by molar-refractivity contribution is 9.11. The summed E-state index contributed by atoms with van der Waals surface area (Å²) in [7, 11) is 0. The molecule has 2 nitrogen and oxygen atoms in total. The topological polar surface area (TPSA) is 25.8 Å². The largest absolute Gasteiger partial charge is 0.239 e. The van der Waals surface area contributed by atoms with Gasteiger partial charge >= 0.3 is 0 Å². The van der Waals surface area contributed by atoms with Gasteiger partial charge in [0.2, 0.25) is 0 Å². The number of rotatable bonds is 1. The standard InChI is InChI=1S/C10H5Br3N2/c11-6-4-8(15-10(13)5-6)7-2-1-3-9(12)14-7/h1-5H. The molecule has 0 aliphatic carbocycles. The van der Waals surface area contributed by atoms with Crippen molar-refractivity contribution < 1.29 is 0 Å². The van der Waals surface area contributed by atoms with Crippen molar-refractivity contribution in [2.24, 2.45) is 0 Å². The quantitative estimate of drug-likeness (QED) is 0.671. The van der Waals surface area contributed by atoms with Gasteiger partial charge in [-0.1, -0.05) is 22.0 Å². The van der Waals surface area contributed by atoms with Crippen LogP contribution in [0.25, 0.3) is 11.4 Å². The molecule has 0 amide bonds. The van der Waals surface area contributed by atoms with E-state index in [0.29, 0.717) is 0 Å². The van der Waals surface area contributed by atoms with E-state index < -0.39 is 0 Å². The Hall–Kier alpha value is -0.260. The summed E-state index contributed by atoms with van der Waals surface area (Å²) in [5.74, 6) is 0. The number of hydrogen-bond acceptors (Lipinski definition) is 2. The van der Waals surface area contributed by atoms with Crippen molar-refractivity contribution in [3.05, 3.63) is 44.0 Å². The van der Waals surface area contributed by atoms with Crippen LogP contribution in [0.4, 0.5) is 0 Å². The van der Waals surface area contributed by atoms with E-state index in [2.05, 4.69) is 57.8 Å². The number of hydrogen-bond donors (Lipinski definition) is 0. The first-order valence-corrected chi connectivity index (χ1v) is 6.49. The predicted octanol–water partition coefficient (Wildman–Crippen LogP) is 4.43. The van der Waals surface area contributed by atoms with Crippen molar-refractivity contribution >= 4 is 47.8 Å². The Labute approximate surface area is 113 Å². The molecule has 2 aromatic heterocycles. The molecule has 0 unspecified atom stereocenters. The van der Waals surface area contributed by atoms with Crippen molar-refractivity contribution in [2.45, 2.75) is 0 Å². The normalized spacial score (nSPS) is 10.3. The van der Waals surface area contributed by atoms with E-state index in [1.54, 1.807) is 0 Å². The van der Waals surface area contributed by atoms with Crippen LogP contribution in [-0.2, 0) is 0 Å². The summed E-state index contributed by atoms with van der Waals surface area (Å²) in [5, 5.41) is 0. The van der Waals surface area contributed by atoms with Gasteiger partial charge in [-0.25, -0.2) is 9.97 Å². The number of pyridine rings is 2. The number of aromatic nitrogens is 2. The van der Waals surface area contributed by atoms with Gasteiger partial charge in [0.05, 0.1) is 11.4 Å². The van der Waals surface area contributed by atoms with Gasteiger partial charge in [-0.05, 0) is 56.1 Å². The van der Waals surface area contributed by atoms with Crippen LogP contribution >= 0.6 is 47.8 Å². The van der Waals surface area contributed by atoms with Crippen molar-refractivity contribution in [1.82, 2.24) is 9.97 Å². The smallest absolute Gasteiger partial charge is 0.107 e. The minimum atomic E-state index is 0.786. The van der Waals surface area contributed by atoms with Crippen LogP contribution in [0.1, 0.15) is 0 Å². The maximum Gasteiger partial charge on any atom is 0.107 e. The van der Waals surface area contributed by atoms with Crippen LogP contribution in [0.2, 0.25) is 0 Å². The third-order valence-corrected chi connectivity index (χ3v) is 3.04. The zero-order chi connectivity index (χ0) is 10.8. The molecule has 5 heteroatoms. The lowest BCUT2D eigenvalue weighted by Crippen LogP contribution is -1.88. The van der Waals surface area contributed by atoms with E-state index in [0.717, 1.165) is 25.1 Å². The molecule has 0 aliphatic heterocycles. The molecule has 2 heterocycles. The van der Waals surface area contributed by atoms with E-state index in [1.165, 1.54) is 0 Å². The van der Waals surface area contributed by atoms with Gasteiger partial charge in [0.25, 0.3) is 0 Å². The van der Waals surface area contributed by atoms with Gasteiger partial charge in [-0.2, -0.15) is 0 Å². The fourth-order valence-corrected chi connectivity index (χ4v) is 2.67. The lowest BCUT2D eigenvalue weighted by atomic mass is 10.2. The zero-order valence-corrected chi connectivity index (χ0v) is 12.2. The maximum atomic E-state index is 4.35. The monoisotopic (exact) mass is 390 g/mol. The Balaban J connectivity index is 2.54. The van der Waals surface area contributed by atoms with E-state index in [1.807, 2.05) is 30.3 Å². The molecular weight excluding hydrogens is 388 g/mol. The molecule has 0 radical (unpaired) electrons. The predicted molar refractivity (Wildman–Crippen MR) is 70.6 cm³/mol. The second-order valence-corrected chi connectivity index (χ2v) is 5.38. The SMILES string of the molecule is Brc1cc(Br)nc(-c2cccc(Br)n2)c1. The van der Waals surface area contributed by atoms with Crippen molar-refractivity contribution in [3.8, 4) is 11.4 Å². The van der Waals surface area contributed by atoms with Crippen LogP contribution in [-0.4, -0.2) is 9.97 Å². The summed E-state index contributed by atoms with van der Waals surface area (Å²) in [4.78, 5) is 8.69. The van der Waals surface area contributed by atoms with E-state index >= 15 is 0 Å². The second kappa shape index (κ2) is 4.72. The fourth-order valence-electron chi connectivity index (χ4n) is 1.15. The maximum absolute atomic E-state index is 4.35. The average Bonchev–Trinajstić information content (AvgIpc) is 2.16. The lowest BCUT2D eigenvalue weighted by Gasteiger charge is -2.02. The Morgan fingerprint density at radius 1 is 0.800 bits per heavy atom. The minimum absolute atomic E-state index is 0.786. The molecule has 0 saturated carbocycles. The molecule has 0 atom stereocenters. The van der Waals surface area contributed by atoms with Crippen molar-refractivity contribution in [1.29, 1.82) is 0 Å². The van der Waals surface area contributed by atoms with E-state index in [-0.39, 0.29) is 0 Å². The van der Waals surface area contributed by atoms with Crippen LogP contribution in [0.3, 0.4) is 0 Å². The first-order chi connectivity index (χ1) is 7.15. The molecule has 2 aromatic rings. The molecule has 2 rings (SSSR count). The summed E-state index contributed by atoms with van der Waals surface area (Å²) in [6.07, 6.45) is 0. The van der Waals surface area contributed by atoms with Gasteiger partial charge < -0.3 is 0 Å². The zero-order valence-electron chi connectivity index (χ0n) is 7.42. The average molecular weight is 393 g/mol. The highest BCUT2D eigenvalue weighted by Gasteiger charge is 2.04. The van der Waals surface area contributed by atoms with Crippen LogP contribution in [0.5, 0.6) is 0 Å². The highest BCUT2D eigenvalue weighted by atomic mass is 79.9. The van der Waals surface area contributed by atoms with Crippen LogP contribution in [0, 0.1) is 0 Å². The first-order valence-electron chi connectivity index (χ1n) is 4.11. The van der Waals surface area contributed by atoms with Gasteiger partial charge in [0.15, 0.2) is 0 Å². The molecule has 0 aliphatic rings. The Bertz CT molecular complexity index is 480. The molecule has 0 bridgehead atoms. The Morgan fingerprint density at radius 3 is 2.20 bits per heavy atom. The van der Waals surface area contributed by atoms with Gasteiger partial charge in [-0.3, -0.25) is 0 Å². The van der Waals surface area contributed by atoms with Gasteiger partial charge in [0, 0.05) is 4.47 Å². The minimum Gasteiger partial charge on any atom is -0.239 e. The van der Waals surface area contributed by atoms with Crippen LogP contribution < -0.4 is 0 Å². The highest BCUT2D eigenvalue weighted by Crippen LogP contribution is 2.23. The molecule has 15 heavy (non-hydrogen) atoms. The summed E-state index contributed by atoms with van der Waals surface area (Å²) >= 11 is 10.1. The number of nitrogens with zero attached hydrogens (tertiary/aromatic N) is 2. The molecule has 0 spiro atoms. The molecular formula is C10H5Br3N2. The second-order valence-electron chi connectivity index (χ2n) is 2.84. The molecule has 76 valence electrons. The van der Waals surface area contributed by atoms with Crippen LogP contribution in [0.15, 0.2) is 44.0 Å². The summed E-state index contributed by atoms with van der Waals surface area (Å²) < 4.78 is 2.56. The van der Waals surface area contributed by atoms with Gasteiger partial charge in [-0.15, -0.1) is 0 Å². The summed E-state index contributed by atoms with van der Waals surface area (Å²) in [5.41, 5.74) is 1.67. The first kappa shape index (κ1) is 11.2. The van der Waals surface area contributed by atoms with Crippen molar-refractivity contribution in [3.63, 3.8) is 0 Å². The third kappa shape index (κ3) is 2.86. The van der Waals surface area contributed by atoms with E-state index in [4.69, 9.17) is 0 Å². The van der Waals surface area contributed by atoms with Crippen molar-refractivity contribution in [2.75, 3.05) is 0 Å².